The van der Waals surface area contributed by atoms with E-state index in [0.717, 1.165) is 17.4 Å². The summed E-state index contributed by atoms with van der Waals surface area (Å²) < 4.78 is 3.33. The van der Waals surface area contributed by atoms with Crippen molar-refractivity contribution in [1.82, 2.24) is 4.98 Å². The number of primary amides is 1. The number of anilines is 1. The lowest BCUT2D eigenvalue weighted by Crippen LogP contribution is -2.29. The van der Waals surface area contributed by atoms with Gasteiger partial charge in [-0.25, -0.2) is 9.98 Å². The van der Waals surface area contributed by atoms with Crippen molar-refractivity contribution in [1.29, 1.82) is 0 Å². The van der Waals surface area contributed by atoms with Crippen molar-refractivity contribution in [3.05, 3.63) is 59.8 Å². The summed E-state index contributed by atoms with van der Waals surface area (Å²) in [6.07, 6.45) is 5.58. The van der Waals surface area contributed by atoms with E-state index in [0.29, 0.717) is 11.4 Å². The average molecular weight is 397 g/mol. The molecule has 1 heterocycles. The highest BCUT2D eigenvalue weighted by Crippen LogP contribution is 2.30. The van der Waals surface area contributed by atoms with Crippen LogP contribution in [0.4, 0.5) is 11.5 Å². The molecule has 0 saturated heterocycles. The fourth-order valence-corrected chi connectivity index (χ4v) is 3.72. The van der Waals surface area contributed by atoms with E-state index in [9.17, 15) is 4.79 Å². The van der Waals surface area contributed by atoms with Crippen LogP contribution in [-0.2, 0) is 4.79 Å². The quantitative estimate of drug-likeness (QED) is 0.235. The van der Waals surface area contributed by atoms with Crippen molar-refractivity contribution in [2.24, 2.45) is 28.1 Å². The highest BCUT2D eigenvalue weighted by molar-refractivity contribution is 8.00. The molecule has 1 aromatic heterocycles. The van der Waals surface area contributed by atoms with Crippen LogP contribution in [0.3, 0.4) is 0 Å². The maximum Gasteiger partial charge on any atom is 0.254 e. The van der Waals surface area contributed by atoms with Crippen molar-refractivity contribution < 1.29 is 4.79 Å². The number of benzene rings is 1. The number of aliphatic imine (C=N–C) groups is 1. The lowest BCUT2D eigenvalue weighted by molar-refractivity contribution is -0.114. The number of amidine groups is 1. The van der Waals surface area contributed by atoms with E-state index in [1.54, 1.807) is 36.3 Å². The van der Waals surface area contributed by atoms with Gasteiger partial charge in [-0.05, 0) is 48.6 Å². The van der Waals surface area contributed by atoms with E-state index < -0.39 is 5.91 Å². The minimum absolute atomic E-state index is 0.0225. The summed E-state index contributed by atoms with van der Waals surface area (Å²) in [6, 6.07) is 12.6. The SMILES string of the molecule is NC(=O)C(C(N)=Nc1ccccn1)=C(N)c1ccc(NSCC2CCC2)cc1. The molecule has 0 aliphatic heterocycles. The second-order valence-corrected chi connectivity index (χ2v) is 7.45. The number of carbonyl (C=O) groups is 1. The molecule has 1 aliphatic carbocycles. The second-order valence-electron chi connectivity index (χ2n) is 6.63. The zero-order valence-electron chi connectivity index (χ0n) is 15.5. The third-order valence-electron chi connectivity index (χ3n) is 4.59. The summed E-state index contributed by atoms with van der Waals surface area (Å²) in [5.74, 6) is 1.50. The average Bonchev–Trinajstić information content (AvgIpc) is 2.65. The van der Waals surface area contributed by atoms with E-state index >= 15 is 0 Å². The Morgan fingerprint density at radius 2 is 1.89 bits per heavy atom. The molecule has 1 aliphatic rings. The standard InChI is InChI=1S/C20H24N6OS/c21-18(17(20(23)27)19(22)25-16-6-1-2-11-24-16)14-7-9-15(10-8-14)26-28-12-13-4-3-5-13/h1-2,6-11,13,26H,3-5,12,21H2,(H2,23,27)(H2,22,24,25). The highest BCUT2D eigenvalue weighted by Gasteiger charge is 2.18. The van der Waals surface area contributed by atoms with Gasteiger partial charge in [0.05, 0.1) is 5.70 Å². The molecule has 1 aromatic carbocycles. The molecule has 2 aromatic rings. The number of nitrogens with zero attached hydrogens (tertiary/aromatic N) is 2. The largest absolute Gasteiger partial charge is 0.397 e. The van der Waals surface area contributed by atoms with Crippen LogP contribution in [0.25, 0.3) is 5.70 Å². The molecule has 0 spiro atoms. The van der Waals surface area contributed by atoms with Gasteiger partial charge in [0.2, 0.25) is 0 Å². The molecule has 146 valence electrons. The molecular formula is C20H24N6OS. The van der Waals surface area contributed by atoms with Crippen LogP contribution in [0.2, 0.25) is 0 Å². The number of hydrogen-bond donors (Lipinski definition) is 4. The van der Waals surface area contributed by atoms with Crippen LogP contribution in [0, 0.1) is 5.92 Å². The number of nitrogens with one attached hydrogen (secondary N) is 1. The first kappa shape index (κ1) is 19.8. The number of hydrogen-bond acceptors (Lipinski definition) is 6. The Bertz CT molecular complexity index is 875. The van der Waals surface area contributed by atoms with Crippen molar-refractivity contribution in [2.45, 2.75) is 19.3 Å². The monoisotopic (exact) mass is 396 g/mol. The highest BCUT2D eigenvalue weighted by atomic mass is 32.2. The Morgan fingerprint density at radius 1 is 1.14 bits per heavy atom. The molecule has 1 fully saturated rings. The van der Waals surface area contributed by atoms with Crippen LogP contribution >= 0.6 is 11.9 Å². The van der Waals surface area contributed by atoms with E-state index in [1.165, 1.54) is 19.3 Å². The molecule has 0 bridgehead atoms. The van der Waals surface area contributed by atoms with Gasteiger partial charge in [-0.15, -0.1) is 0 Å². The zero-order valence-corrected chi connectivity index (χ0v) is 16.3. The fraction of sp³-hybridized carbons (Fsp3) is 0.250. The van der Waals surface area contributed by atoms with E-state index in [4.69, 9.17) is 17.2 Å². The van der Waals surface area contributed by atoms with E-state index in [2.05, 4.69) is 14.7 Å². The third-order valence-corrected chi connectivity index (χ3v) is 5.60. The summed E-state index contributed by atoms with van der Waals surface area (Å²) >= 11 is 1.71. The normalized spacial score (nSPS) is 15.5. The maximum atomic E-state index is 11.9. The van der Waals surface area contributed by atoms with Gasteiger partial charge in [0.25, 0.3) is 5.91 Å². The molecule has 3 rings (SSSR count). The Balaban J connectivity index is 1.75. The Morgan fingerprint density at radius 3 is 2.46 bits per heavy atom. The smallest absolute Gasteiger partial charge is 0.254 e. The number of rotatable bonds is 8. The molecule has 0 unspecified atom stereocenters. The molecule has 8 heteroatoms. The van der Waals surface area contributed by atoms with Gasteiger partial charge in [-0.2, -0.15) is 0 Å². The Labute approximate surface area is 168 Å². The van der Waals surface area contributed by atoms with Gasteiger partial charge in [0.15, 0.2) is 5.82 Å². The van der Waals surface area contributed by atoms with Gasteiger partial charge in [0, 0.05) is 17.6 Å². The molecule has 1 saturated carbocycles. The van der Waals surface area contributed by atoms with Crippen LogP contribution in [0.15, 0.2) is 59.2 Å². The van der Waals surface area contributed by atoms with Gasteiger partial charge < -0.3 is 21.9 Å². The first-order valence-corrected chi connectivity index (χ1v) is 10.1. The second kappa shape index (κ2) is 9.27. The molecule has 0 atom stereocenters. The minimum Gasteiger partial charge on any atom is -0.397 e. The Hall–Kier alpha value is -3.00. The molecule has 28 heavy (non-hydrogen) atoms. The van der Waals surface area contributed by atoms with Crippen LogP contribution in [-0.4, -0.2) is 22.5 Å². The first-order chi connectivity index (χ1) is 13.5. The van der Waals surface area contributed by atoms with Crippen LogP contribution in [0.1, 0.15) is 24.8 Å². The molecular weight excluding hydrogens is 372 g/mol. The number of aromatic nitrogens is 1. The van der Waals surface area contributed by atoms with Crippen LogP contribution in [0.5, 0.6) is 0 Å². The zero-order chi connectivity index (χ0) is 19.9. The summed E-state index contributed by atoms with van der Waals surface area (Å²) in [5.41, 5.74) is 19.4. The van der Waals surface area contributed by atoms with Gasteiger partial charge in [-0.3, -0.25) is 4.79 Å². The number of pyridine rings is 1. The third kappa shape index (κ3) is 5.04. The summed E-state index contributed by atoms with van der Waals surface area (Å²) in [7, 11) is 0. The van der Waals surface area contributed by atoms with Crippen LogP contribution < -0.4 is 21.9 Å². The van der Waals surface area contributed by atoms with E-state index in [1.807, 2.05) is 24.3 Å². The number of amides is 1. The van der Waals surface area contributed by atoms with Crippen molar-refractivity contribution >= 4 is 40.9 Å². The van der Waals surface area contributed by atoms with Crippen molar-refractivity contribution in [2.75, 3.05) is 10.5 Å². The Kier molecular flexibility index (Phi) is 6.54. The number of nitrogens with two attached hydrogens (primary N) is 3. The van der Waals surface area contributed by atoms with Gasteiger partial charge in [-0.1, -0.05) is 36.6 Å². The fourth-order valence-electron chi connectivity index (χ4n) is 2.76. The summed E-state index contributed by atoms with van der Waals surface area (Å²) in [4.78, 5) is 20.1. The summed E-state index contributed by atoms with van der Waals surface area (Å²) in [5, 5.41) is 0. The lowest BCUT2D eigenvalue weighted by atomic mass is 9.87. The minimum atomic E-state index is -0.743. The molecule has 0 radical (unpaired) electrons. The first-order valence-electron chi connectivity index (χ1n) is 9.08. The van der Waals surface area contributed by atoms with Gasteiger partial charge >= 0.3 is 0 Å². The number of carbonyl (C=O) groups excluding carboxylic acids is 1. The summed E-state index contributed by atoms with van der Waals surface area (Å²) in [6.45, 7) is 0. The van der Waals surface area contributed by atoms with Crippen molar-refractivity contribution in [3.8, 4) is 0 Å². The van der Waals surface area contributed by atoms with E-state index in [-0.39, 0.29) is 17.1 Å². The topological polar surface area (TPSA) is 132 Å². The van der Waals surface area contributed by atoms with Gasteiger partial charge in [0.1, 0.15) is 11.4 Å². The maximum absolute atomic E-state index is 11.9. The predicted octanol–water partition coefficient (Wildman–Crippen LogP) is 2.79. The lowest BCUT2D eigenvalue weighted by Gasteiger charge is -2.24. The van der Waals surface area contributed by atoms with Crippen molar-refractivity contribution in [3.63, 3.8) is 0 Å². The molecule has 7 nitrogen and oxygen atoms in total. The predicted molar refractivity (Wildman–Crippen MR) is 116 cm³/mol. The molecule has 1 amide bonds. The molecule has 7 N–H and O–H groups in total.